The van der Waals surface area contributed by atoms with Crippen LogP contribution in [0.4, 0.5) is 0 Å². The van der Waals surface area contributed by atoms with Crippen molar-refractivity contribution in [3.05, 3.63) is 27.7 Å². The molecule has 7 heteroatoms. The molecule has 0 N–H and O–H groups in total. The number of rotatable bonds is 4. The smallest absolute Gasteiger partial charge is 0.207 e. The van der Waals surface area contributed by atoms with Crippen LogP contribution in [0.15, 0.2) is 17.0 Å². The van der Waals surface area contributed by atoms with E-state index in [1.165, 1.54) is 16.4 Å². The van der Waals surface area contributed by atoms with Gasteiger partial charge in [-0.25, -0.2) is 8.42 Å². The van der Waals surface area contributed by atoms with E-state index in [-0.39, 0.29) is 15.8 Å². The van der Waals surface area contributed by atoms with Gasteiger partial charge in [-0.2, -0.15) is 4.31 Å². The molecule has 118 valence electrons. The third kappa shape index (κ3) is 3.67. The van der Waals surface area contributed by atoms with Gasteiger partial charge in [0, 0.05) is 24.0 Å². The fourth-order valence-corrected chi connectivity index (χ4v) is 5.17. The van der Waals surface area contributed by atoms with Crippen molar-refractivity contribution in [3.63, 3.8) is 0 Å². The molecule has 1 saturated heterocycles. The van der Waals surface area contributed by atoms with E-state index in [0.29, 0.717) is 29.6 Å². The molecule has 0 unspecified atom stereocenters. The van der Waals surface area contributed by atoms with Gasteiger partial charge in [0.1, 0.15) is 4.90 Å². The summed E-state index contributed by atoms with van der Waals surface area (Å²) in [7, 11) is -3.59. The normalized spacial score (nSPS) is 18.1. The minimum atomic E-state index is -3.59. The van der Waals surface area contributed by atoms with Crippen LogP contribution in [0, 0.1) is 5.92 Å². The van der Waals surface area contributed by atoms with E-state index in [4.69, 9.17) is 34.8 Å². The summed E-state index contributed by atoms with van der Waals surface area (Å²) in [6, 6.07) is 2.94. The Balaban J connectivity index is 2.32. The second kappa shape index (κ2) is 7.05. The Bertz CT molecular complexity index is 611. The highest BCUT2D eigenvalue weighted by Crippen LogP contribution is 2.33. The molecular weight excluding hydrogens is 353 g/mol. The highest BCUT2D eigenvalue weighted by Gasteiger charge is 2.30. The number of alkyl halides is 1. The zero-order valence-electron chi connectivity index (χ0n) is 11.8. The van der Waals surface area contributed by atoms with Crippen LogP contribution < -0.4 is 0 Å². The Morgan fingerprint density at radius 2 is 1.81 bits per heavy atom. The zero-order valence-corrected chi connectivity index (χ0v) is 14.9. The molecule has 0 spiro atoms. The molecule has 0 bridgehead atoms. The van der Waals surface area contributed by atoms with Gasteiger partial charge in [-0.1, -0.05) is 36.5 Å². The van der Waals surface area contributed by atoms with E-state index in [1.54, 1.807) is 0 Å². The van der Waals surface area contributed by atoms with Crippen LogP contribution >= 0.6 is 34.8 Å². The fraction of sp³-hybridized carbons (Fsp3) is 0.571. The van der Waals surface area contributed by atoms with E-state index in [0.717, 1.165) is 19.3 Å². The first-order valence-corrected chi connectivity index (χ1v) is 9.67. The van der Waals surface area contributed by atoms with Gasteiger partial charge in [0.15, 0.2) is 0 Å². The summed E-state index contributed by atoms with van der Waals surface area (Å²) in [6.07, 6.45) is 2.87. The molecule has 0 aromatic heterocycles. The number of nitrogens with zero attached hydrogens (tertiary/aromatic N) is 1. The van der Waals surface area contributed by atoms with E-state index >= 15 is 0 Å². The molecule has 1 aromatic carbocycles. The Labute approximate surface area is 141 Å². The summed E-state index contributed by atoms with van der Waals surface area (Å²) in [5.74, 6) is 0.756. The summed E-state index contributed by atoms with van der Waals surface area (Å²) in [5.41, 5.74) is 0.574. The number of benzene rings is 1. The van der Waals surface area contributed by atoms with Crippen molar-refractivity contribution in [1.29, 1.82) is 0 Å². The predicted octanol–water partition coefficient (Wildman–Crippen LogP) is 4.54. The molecule has 0 aliphatic carbocycles. The van der Waals surface area contributed by atoms with Crippen LogP contribution in [-0.2, 0) is 15.9 Å². The van der Waals surface area contributed by atoms with Gasteiger partial charge in [0.2, 0.25) is 10.0 Å². The second-order valence-electron chi connectivity index (χ2n) is 5.26. The highest BCUT2D eigenvalue weighted by molar-refractivity contribution is 7.89. The van der Waals surface area contributed by atoms with Crippen LogP contribution in [0.2, 0.25) is 10.0 Å². The Morgan fingerprint density at radius 3 is 2.33 bits per heavy atom. The molecule has 1 fully saturated rings. The zero-order chi connectivity index (χ0) is 15.6. The van der Waals surface area contributed by atoms with E-state index < -0.39 is 10.0 Å². The molecule has 0 radical (unpaired) electrons. The molecule has 1 aliphatic heterocycles. The topological polar surface area (TPSA) is 37.4 Å². The van der Waals surface area contributed by atoms with E-state index in [2.05, 4.69) is 6.92 Å². The maximum atomic E-state index is 12.7. The third-order valence-corrected chi connectivity index (χ3v) is 7.02. The third-order valence-electron chi connectivity index (χ3n) is 4.01. The van der Waals surface area contributed by atoms with Gasteiger partial charge in [-0.3, -0.25) is 0 Å². The van der Waals surface area contributed by atoms with Gasteiger partial charge in [-0.15, -0.1) is 11.6 Å². The van der Waals surface area contributed by atoms with Crippen LogP contribution in [0.3, 0.4) is 0 Å². The molecule has 0 amide bonds. The summed E-state index contributed by atoms with van der Waals surface area (Å²) >= 11 is 17.9. The van der Waals surface area contributed by atoms with Crippen molar-refractivity contribution in [2.24, 2.45) is 5.92 Å². The molecule has 1 aliphatic rings. The summed E-state index contributed by atoms with van der Waals surface area (Å²) in [4.78, 5) is 0.0964. The molecule has 2 rings (SSSR count). The van der Waals surface area contributed by atoms with Crippen molar-refractivity contribution in [2.45, 2.75) is 37.0 Å². The van der Waals surface area contributed by atoms with Gasteiger partial charge in [0.05, 0.1) is 5.02 Å². The molecular formula is C14H18Cl3NO2S. The Morgan fingerprint density at radius 1 is 1.19 bits per heavy atom. The lowest BCUT2D eigenvalue weighted by Gasteiger charge is -2.31. The van der Waals surface area contributed by atoms with Crippen molar-refractivity contribution < 1.29 is 8.42 Å². The van der Waals surface area contributed by atoms with Gasteiger partial charge in [0.25, 0.3) is 0 Å². The number of hydrogen-bond acceptors (Lipinski definition) is 2. The van der Waals surface area contributed by atoms with Crippen LogP contribution in [0.1, 0.15) is 31.7 Å². The molecule has 3 nitrogen and oxygen atoms in total. The quantitative estimate of drug-likeness (QED) is 0.729. The highest BCUT2D eigenvalue weighted by atomic mass is 35.5. The predicted molar refractivity (Wildman–Crippen MR) is 87.8 cm³/mol. The number of hydrogen-bond donors (Lipinski definition) is 0. The Hall–Kier alpha value is -0.000000000000000111. The minimum absolute atomic E-state index is 0.0964. The maximum absolute atomic E-state index is 12.7. The van der Waals surface area contributed by atoms with Gasteiger partial charge >= 0.3 is 0 Å². The second-order valence-corrected chi connectivity index (χ2v) is 8.25. The van der Waals surface area contributed by atoms with Crippen molar-refractivity contribution in [3.8, 4) is 0 Å². The summed E-state index contributed by atoms with van der Waals surface area (Å²) < 4.78 is 27.0. The van der Waals surface area contributed by atoms with Crippen molar-refractivity contribution >= 4 is 44.8 Å². The molecule has 0 saturated carbocycles. The number of piperidine rings is 1. The first-order valence-electron chi connectivity index (χ1n) is 6.94. The molecule has 1 heterocycles. The van der Waals surface area contributed by atoms with Gasteiger partial charge < -0.3 is 0 Å². The summed E-state index contributed by atoms with van der Waals surface area (Å²) in [5, 5.41) is 0.533. The minimum Gasteiger partial charge on any atom is -0.207 e. The summed E-state index contributed by atoms with van der Waals surface area (Å²) in [6.45, 7) is 3.21. The number of halogens is 3. The molecule has 0 atom stereocenters. The lowest BCUT2D eigenvalue weighted by molar-refractivity contribution is 0.269. The average molecular weight is 371 g/mol. The largest absolute Gasteiger partial charge is 0.244 e. The van der Waals surface area contributed by atoms with Crippen LogP contribution in [0.25, 0.3) is 0 Å². The van der Waals surface area contributed by atoms with Crippen LogP contribution in [-0.4, -0.2) is 25.8 Å². The van der Waals surface area contributed by atoms with Gasteiger partial charge in [-0.05, 0) is 36.5 Å². The lowest BCUT2D eigenvalue weighted by atomic mass is 9.96. The fourth-order valence-electron chi connectivity index (χ4n) is 2.57. The van der Waals surface area contributed by atoms with Crippen molar-refractivity contribution in [1.82, 2.24) is 4.31 Å². The standard InChI is InChI=1S/C14H18Cl3NO2S/c1-2-10-3-5-18(6-4-10)21(19,20)14-7-11(9-15)12(16)8-13(14)17/h7-8,10H,2-6,9H2,1H3. The van der Waals surface area contributed by atoms with Crippen LogP contribution in [0.5, 0.6) is 0 Å². The van der Waals surface area contributed by atoms with E-state index in [9.17, 15) is 8.42 Å². The maximum Gasteiger partial charge on any atom is 0.244 e. The first-order chi connectivity index (χ1) is 9.90. The lowest BCUT2D eigenvalue weighted by Crippen LogP contribution is -2.38. The number of sulfonamides is 1. The average Bonchev–Trinajstić information content (AvgIpc) is 2.47. The molecule has 21 heavy (non-hydrogen) atoms. The van der Waals surface area contributed by atoms with E-state index in [1.807, 2.05) is 0 Å². The first kappa shape index (κ1) is 17.4. The van der Waals surface area contributed by atoms with Crippen molar-refractivity contribution in [2.75, 3.05) is 13.1 Å². The monoisotopic (exact) mass is 369 g/mol. The molecule has 1 aromatic rings. The SMILES string of the molecule is CCC1CCN(S(=O)(=O)c2cc(CCl)c(Cl)cc2Cl)CC1. The Kier molecular flexibility index (Phi) is 5.83.